The number of carbonyl (C=O) groups is 3. The molecule has 2 fully saturated rings. The van der Waals surface area contributed by atoms with E-state index in [9.17, 15) is 14.4 Å². The maximum Gasteiger partial charge on any atom is 0.322 e. The fourth-order valence-corrected chi connectivity index (χ4v) is 7.48. The van der Waals surface area contributed by atoms with Crippen molar-refractivity contribution in [3.8, 4) is 0 Å². The molecule has 6 rings (SSSR count). The number of fused-ring (bicyclic) bond motifs is 1. The van der Waals surface area contributed by atoms with E-state index in [2.05, 4.69) is 53.6 Å². The second kappa shape index (κ2) is 14.6. The quantitative estimate of drug-likeness (QED) is 0.403. The van der Waals surface area contributed by atoms with Gasteiger partial charge in [0.15, 0.2) is 0 Å². The van der Waals surface area contributed by atoms with Crippen LogP contribution in [0.3, 0.4) is 0 Å². The molecule has 0 radical (unpaired) electrons. The molecule has 2 aromatic carbocycles. The predicted molar refractivity (Wildman–Crippen MR) is 182 cm³/mol. The molecule has 4 aliphatic rings. The zero-order valence-electron chi connectivity index (χ0n) is 27.6. The highest BCUT2D eigenvalue weighted by molar-refractivity contribution is 5.91. The first-order valence-electron chi connectivity index (χ1n) is 17.5. The standard InChI is InChI=1S/C37H50N6O3/c1-3-28-14-13-27(23-29(28)4-2)24-34(35(44)42-25-32(26-42)40-18-9-5-6-10-19-40)39-36(45)41-20-16-31(17-21-41)43-22-15-30-11-7-8-12-33(30)38-37(43)46/h7-8,11-14,23,25,31,34H,3-6,9-10,15-22,24,26H2,1-2H3,(H,38,46)(H,39,45)/t34-/m1/s1. The van der Waals surface area contributed by atoms with Crippen molar-refractivity contribution in [2.45, 2.75) is 90.1 Å². The average Bonchev–Trinajstić information content (AvgIpc) is 3.42. The van der Waals surface area contributed by atoms with Gasteiger partial charge in [-0.1, -0.05) is 63.1 Å². The Morgan fingerprint density at radius 2 is 1.63 bits per heavy atom. The van der Waals surface area contributed by atoms with Gasteiger partial charge in [0, 0.05) is 57.1 Å². The predicted octanol–water partition coefficient (Wildman–Crippen LogP) is 5.55. The minimum Gasteiger partial charge on any atom is -0.372 e. The Kier molecular flexibility index (Phi) is 10.1. The number of hydrogen-bond donors (Lipinski definition) is 2. The van der Waals surface area contributed by atoms with E-state index in [-0.39, 0.29) is 24.0 Å². The van der Waals surface area contributed by atoms with E-state index in [1.54, 1.807) is 4.90 Å². The molecule has 246 valence electrons. The summed E-state index contributed by atoms with van der Waals surface area (Å²) in [6.07, 6.45) is 11.5. The fraction of sp³-hybridized carbons (Fsp3) is 0.541. The van der Waals surface area contributed by atoms with Crippen molar-refractivity contribution >= 4 is 23.7 Å². The first-order valence-corrected chi connectivity index (χ1v) is 17.5. The van der Waals surface area contributed by atoms with Gasteiger partial charge in [-0.2, -0.15) is 0 Å². The number of para-hydroxylation sites is 1. The van der Waals surface area contributed by atoms with Gasteiger partial charge < -0.3 is 30.2 Å². The van der Waals surface area contributed by atoms with Gasteiger partial charge in [-0.15, -0.1) is 0 Å². The van der Waals surface area contributed by atoms with Crippen LogP contribution in [0.15, 0.2) is 54.4 Å². The molecule has 0 aromatic heterocycles. The zero-order chi connectivity index (χ0) is 32.0. The van der Waals surface area contributed by atoms with Gasteiger partial charge in [-0.3, -0.25) is 4.79 Å². The minimum atomic E-state index is -0.653. The summed E-state index contributed by atoms with van der Waals surface area (Å²) in [6, 6.07) is 13.6. The lowest BCUT2D eigenvalue weighted by Crippen LogP contribution is -2.57. The van der Waals surface area contributed by atoms with Crippen LogP contribution in [0.25, 0.3) is 0 Å². The number of anilines is 1. The molecule has 0 bridgehead atoms. The highest BCUT2D eigenvalue weighted by Gasteiger charge is 2.35. The third-order valence-corrected chi connectivity index (χ3v) is 10.3. The second-order valence-electron chi connectivity index (χ2n) is 13.3. The molecule has 0 spiro atoms. The number of likely N-dealkylation sites (tertiary alicyclic amines) is 2. The average molecular weight is 627 g/mol. The van der Waals surface area contributed by atoms with Crippen molar-refractivity contribution in [2.24, 2.45) is 0 Å². The second-order valence-corrected chi connectivity index (χ2v) is 13.3. The Morgan fingerprint density at radius 3 is 2.35 bits per heavy atom. The van der Waals surface area contributed by atoms with Crippen LogP contribution in [0, 0.1) is 0 Å². The van der Waals surface area contributed by atoms with Gasteiger partial charge in [-0.25, -0.2) is 9.59 Å². The van der Waals surface area contributed by atoms with Gasteiger partial charge in [0.1, 0.15) is 6.04 Å². The van der Waals surface area contributed by atoms with Gasteiger partial charge in [0.05, 0.1) is 12.2 Å². The number of urea groups is 2. The van der Waals surface area contributed by atoms with Crippen molar-refractivity contribution in [3.05, 3.63) is 76.6 Å². The van der Waals surface area contributed by atoms with Crippen molar-refractivity contribution in [2.75, 3.05) is 44.6 Å². The largest absolute Gasteiger partial charge is 0.372 e. The molecule has 4 heterocycles. The van der Waals surface area contributed by atoms with Gasteiger partial charge in [0.2, 0.25) is 5.91 Å². The summed E-state index contributed by atoms with van der Waals surface area (Å²) in [6.45, 7) is 8.79. The van der Waals surface area contributed by atoms with Gasteiger partial charge in [0.25, 0.3) is 0 Å². The lowest BCUT2D eigenvalue weighted by atomic mass is 9.96. The first-order chi connectivity index (χ1) is 22.4. The first kappa shape index (κ1) is 32.0. The molecule has 2 aromatic rings. The molecule has 0 aliphatic carbocycles. The van der Waals surface area contributed by atoms with E-state index in [1.807, 2.05) is 34.2 Å². The number of hydrogen-bond acceptors (Lipinski definition) is 4. The maximum absolute atomic E-state index is 13.9. The van der Waals surface area contributed by atoms with E-state index >= 15 is 0 Å². The normalized spacial score (nSPS) is 19.7. The van der Waals surface area contributed by atoms with E-state index in [0.29, 0.717) is 45.4 Å². The molecule has 4 aliphatic heterocycles. The van der Waals surface area contributed by atoms with Crippen LogP contribution in [0.4, 0.5) is 15.3 Å². The van der Waals surface area contributed by atoms with Crippen LogP contribution in [-0.4, -0.2) is 88.9 Å². The number of carbonyl (C=O) groups excluding carboxylic acids is 3. The third kappa shape index (κ3) is 7.18. The molecule has 2 saturated heterocycles. The Bertz CT molecular complexity index is 1440. The summed E-state index contributed by atoms with van der Waals surface area (Å²) in [5, 5.41) is 6.21. The molecular weight excluding hydrogens is 576 g/mol. The number of benzene rings is 2. The van der Waals surface area contributed by atoms with Crippen LogP contribution in [0.2, 0.25) is 0 Å². The van der Waals surface area contributed by atoms with Crippen LogP contribution in [0.5, 0.6) is 0 Å². The van der Waals surface area contributed by atoms with E-state index in [1.165, 1.54) is 42.5 Å². The van der Waals surface area contributed by atoms with Crippen LogP contribution in [0.1, 0.15) is 74.6 Å². The number of piperidine rings is 1. The topological polar surface area (TPSA) is 88.2 Å². The fourth-order valence-electron chi connectivity index (χ4n) is 7.48. The SMILES string of the molecule is CCc1ccc(C[C@@H](NC(=O)N2CCC(N3CCc4ccccc4NC3=O)CC2)C(=O)N2C=C(N3CCCCCC3)C2)cc1CC. The van der Waals surface area contributed by atoms with E-state index in [0.717, 1.165) is 49.2 Å². The summed E-state index contributed by atoms with van der Waals surface area (Å²) in [4.78, 5) is 48.6. The van der Waals surface area contributed by atoms with E-state index < -0.39 is 6.04 Å². The number of nitrogens with zero attached hydrogens (tertiary/aromatic N) is 4. The molecule has 9 heteroatoms. The summed E-state index contributed by atoms with van der Waals surface area (Å²) in [7, 11) is 0. The summed E-state index contributed by atoms with van der Waals surface area (Å²) in [5.41, 5.74) is 6.95. The molecule has 5 amide bonds. The summed E-state index contributed by atoms with van der Waals surface area (Å²) >= 11 is 0. The number of aryl methyl sites for hydroxylation is 2. The van der Waals surface area contributed by atoms with Crippen molar-refractivity contribution in [1.29, 1.82) is 0 Å². The van der Waals surface area contributed by atoms with Crippen molar-refractivity contribution in [1.82, 2.24) is 24.9 Å². The molecule has 0 saturated carbocycles. The molecule has 1 atom stereocenters. The Labute approximate surface area is 274 Å². The Hall–Kier alpha value is -4.01. The molecule has 0 unspecified atom stereocenters. The number of nitrogens with one attached hydrogen (secondary N) is 2. The number of rotatable bonds is 8. The van der Waals surface area contributed by atoms with E-state index in [4.69, 9.17) is 0 Å². The van der Waals surface area contributed by atoms with Gasteiger partial charge >= 0.3 is 12.1 Å². The Balaban J connectivity index is 1.10. The van der Waals surface area contributed by atoms with Gasteiger partial charge in [-0.05, 0) is 73.3 Å². The zero-order valence-corrected chi connectivity index (χ0v) is 27.6. The monoisotopic (exact) mass is 626 g/mol. The van der Waals surface area contributed by atoms with Crippen LogP contribution >= 0.6 is 0 Å². The van der Waals surface area contributed by atoms with Crippen LogP contribution in [-0.2, 0) is 30.5 Å². The molecule has 9 nitrogen and oxygen atoms in total. The van der Waals surface area contributed by atoms with Crippen LogP contribution < -0.4 is 10.6 Å². The lowest BCUT2D eigenvalue weighted by molar-refractivity contribution is -0.131. The summed E-state index contributed by atoms with van der Waals surface area (Å²) < 4.78 is 0. The highest BCUT2D eigenvalue weighted by Crippen LogP contribution is 2.26. The van der Waals surface area contributed by atoms with Crippen molar-refractivity contribution in [3.63, 3.8) is 0 Å². The lowest BCUT2D eigenvalue weighted by Gasteiger charge is -2.40. The third-order valence-electron chi connectivity index (χ3n) is 10.3. The summed E-state index contributed by atoms with van der Waals surface area (Å²) in [5.74, 6) is -0.0553. The number of amides is 5. The highest BCUT2D eigenvalue weighted by atomic mass is 16.2. The maximum atomic E-state index is 13.9. The molecule has 2 N–H and O–H groups in total. The minimum absolute atomic E-state index is 0.0553. The van der Waals surface area contributed by atoms with Crippen molar-refractivity contribution < 1.29 is 14.4 Å². The smallest absolute Gasteiger partial charge is 0.322 e. The molecule has 46 heavy (non-hydrogen) atoms. The molecular formula is C37H50N6O3. The Morgan fingerprint density at radius 1 is 0.913 bits per heavy atom.